The summed E-state index contributed by atoms with van der Waals surface area (Å²) >= 11 is 23.1. The SMILES string of the molecule is CCCCCCCCCCCCCCCCCC(Cl)(Cl)N(Cl)Cl.[Te]. The molecule has 0 saturated carbocycles. The van der Waals surface area contributed by atoms with Gasteiger partial charge >= 0.3 is 0 Å². The molecule has 0 atom stereocenters. The van der Waals surface area contributed by atoms with Crippen molar-refractivity contribution in [3.05, 3.63) is 0 Å². The molecule has 1 nitrogen and oxygen atoms in total. The Morgan fingerprint density at radius 1 is 0.583 bits per heavy atom. The summed E-state index contributed by atoms with van der Waals surface area (Å²) in [4.78, 5) is 0. The Morgan fingerprint density at radius 2 is 0.875 bits per heavy atom. The molecule has 0 aliphatic rings. The molecule has 0 fully saturated rings. The number of halogens is 4. The average molecular weight is 535 g/mol. The molecule has 0 aromatic rings. The van der Waals surface area contributed by atoms with Crippen LogP contribution in [0, 0.1) is 0 Å². The zero-order valence-electron chi connectivity index (χ0n) is 15.2. The van der Waals surface area contributed by atoms with Gasteiger partial charge in [0.2, 0.25) is 0 Å². The molecule has 146 valence electrons. The second-order valence-corrected chi connectivity index (χ2v) is 8.89. The number of alkyl halides is 2. The van der Waals surface area contributed by atoms with Crippen LogP contribution in [-0.4, -0.2) is 32.1 Å². The molecule has 0 rings (SSSR count). The third-order valence-electron chi connectivity index (χ3n) is 4.33. The molecule has 0 spiro atoms. The summed E-state index contributed by atoms with van der Waals surface area (Å²) in [6, 6.07) is 0. The Balaban J connectivity index is 0. The van der Waals surface area contributed by atoms with E-state index in [1.807, 2.05) is 0 Å². The molecule has 0 bridgehead atoms. The van der Waals surface area contributed by atoms with E-state index >= 15 is 0 Å². The van der Waals surface area contributed by atoms with Crippen molar-refractivity contribution in [1.29, 1.82) is 0 Å². The van der Waals surface area contributed by atoms with Crippen LogP contribution in [0.3, 0.4) is 0 Å². The van der Waals surface area contributed by atoms with E-state index in [1.54, 1.807) is 0 Å². The number of rotatable bonds is 17. The Hall–Kier alpha value is 1.91. The van der Waals surface area contributed by atoms with E-state index in [0.29, 0.717) is 6.42 Å². The van der Waals surface area contributed by atoms with Gasteiger partial charge in [-0.25, -0.2) is 0 Å². The van der Waals surface area contributed by atoms with Gasteiger partial charge in [0, 0.05) is 23.7 Å². The van der Waals surface area contributed by atoms with Gasteiger partial charge in [-0.15, -0.1) is 0 Å². The molecular weight excluding hydrogens is 500 g/mol. The zero-order valence-corrected chi connectivity index (χ0v) is 20.5. The molecule has 0 unspecified atom stereocenters. The van der Waals surface area contributed by atoms with E-state index in [9.17, 15) is 0 Å². The van der Waals surface area contributed by atoms with Crippen molar-refractivity contribution in [2.75, 3.05) is 0 Å². The van der Waals surface area contributed by atoms with Crippen LogP contribution in [0.2, 0.25) is 0 Å². The number of hydrogen-bond donors (Lipinski definition) is 0. The summed E-state index contributed by atoms with van der Waals surface area (Å²) < 4.78 is -0.320. The molecule has 2 radical (unpaired) electrons. The van der Waals surface area contributed by atoms with Gasteiger partial charge in [-0.2, -0.15) is 0 Å². The summed E-state index contributed by atoms with van der Waals surface area (Å²) in [6.45, 7) is 2.27. The van der Waals surface area contributed by atoms with Crippen molar-refractivity contribution in [3.8, 4) is 0 Å². The number of hydrogen-bond acceptors (Lipinski definition) is 1. The van der Waals surface area contributed by atoms with Crippen LogP contribution < -0.4 is 0 Å². The van der Waals surface area contributed by atoms with Gasteiger partial charge in [0.05, 0.1) is 0 Å². The monoisotopic (exact) mass is 535 g/mol. The fraction of sp³-hybridized carbons (Fsp3) is 1.00. The molecule has 0 heterocycles. The largest absolute Gasteiger partial charge is 0.198 e. The van der Waals surface area contributed by atoms with Crippen molar-refractivity contribution in [2.24, 2.45) is 0 Å². The van der Waals surface area contributed by atoms with Crippen molar-refractivity contribution in [3.63, 3.8) is 0 Å². The average Bonchev–Trinajstić information content (AvgIpc) is 2.51. The molecular formula is C18H35Cl4NTe. The van der Waals surface area contributed by atoms with Crippen LogP contribution >= 0.6 is 46.8 Å². The summed E-state index contributed by atoms with van der Waals surface area (Å²) in [7, 11) is 0. The first-order chi connectivity index (χ1) is 11.0. The molecule has 0 N–H and O–H groups in total. The van der Waals surface area contributed by atoms with Gasteiger partial charge in [0.25, 0.3) is 0 Å². The van der Waals surface area contributed by atoms with E-state index in [0.717, 1.165) is 16.8 Å². The molecule has 0 aromatic heterocycles. The third kappa shape index (κ3) is 18.7. The molecule has 0 amide bonds. The maximum Gasteiger partial charge on any atom is 0.198 e. The van der Waals surface area contributed by atoms with Crippen molar-refractivity contribution < 1.29 is 0 Å². The van der Waals surface area contributed by atoms with Gasteiger partial charge in [-0.3, -0.25) is 0 Å². The topological polar surface area (TPSA) is 3.24 Å². The van der Waals surface area contributed by atoms with Crippen LogP contribution in [0.5, 0.6) is 0 Å². The van der Waals surface area contributed by atoms with Crippen LogP contribution in [-0.2, 0) is 0 Å². The molecule has 0 aliphatic carbocycles. The summed E-state index contributed by atoms with van der Waals surface area (Å²) in [5.41, 5.74) is 0. The van der Waals surface area contributed by atoms with Gasteiger partial charge in [0.15, 0.2) is 4.46 Å². The predicted molar refractivity (Wildman–Crippen MR) is 113 cm³/mol. The molecule has 6 heteroatoms. The van der Waals surface area contributed by atoms with E-state index < -0.39 is 4.46 Å². The maximum absolute atomic E-state index is 5.96. The Morgan fingerprint density at radius 3 is 1.17 bits per heavy atom. The zero-order chi connectivity index (χ0) is 17.4. The Bertz CT molecular complexity index is 253. The van der Waals surface area contributed by atoms with Gasteiger partial charge < -0.3 is 0 Å². The van der Waals surface area contributed by atoms with Crippen LogP contribution in [0.25, 0.3) is 0 Å². The Labute approximate surface area is 187 Å². The standard InChI is InChI=1S/C18H35Cl4N.Te/c1-2-3-4-5-6-7-8-9-10-11-12-13-14-15-16-17-18(19,20)23(21)22;/h2-17H2,1H3;. The van der Waals surface area contributed by atoms with E-state index in [4.69, 9.17) is 46.8 Å². The van der Waals surface area contributed by atoms with E-state index in [-0.39, 0.29) is 23.7 Å². The Kier molecular flexibility index (Phi) is 23.0. The predicted octanol–water partition coefficient (Wildman–Crippen LogP) is 8.61. The van der Waals surface area contributed by atoms with Gasteiger partial charge in [-0.05, 0) is 36.4 Å². The normalized spacial score (nSPS) is 11.8. The minimum Gasteiger partial charge on any atom is -0.0953 e. The minimum absolute atomic E-state index is 0. The summed E-state index contributed by atoms with van der Waals surface area (Å²) in [5, 5.41) is 0. The maximum atomic E-state index is 5.96. The fourth-order valence-corrected chi connectivity index (χ4v) is 3.23. The minimum atomic E-state index is -1.15. The smallest absolute Gasteiger partial charge is 0.0953 e. The van der Waals surface area contributed by atoms with Crippen LogP contribution in [0.4, 0.5) is 0 Å². The fourth-order valence-electron chi connectivity index (χ4n) is 2.79. The van der Waals surface area contributed by atoms with Crippen molar-refractivity contribution in [1.82, 2.24) is 3.94 Å². The first-order valence-corrected chi connectivity index (χ1v) is 10.9. The third-order valence-corrected chi connectivity index (χ3v) is 5.97. The second-order valence-electron chi connectivity index (χ2n) is 6.60. The first kappa shape index (κ1) is 28.1. The van der Waals surface area contributed by atoms with Crippen LogP contribution in [0.1, 0.15) is 110 Å². The number of unbranched alkanes of at least 4 members (excludes halogenated alkanes) is 14. The van der Waals surface area contributed by atoms with Crippen molar-refractivity contribution in [2.45, 2.75) is 114 Å². The van der Waals surface area contributed by atoms with Gasteiger partial charge in [-0.1, -0.05) is 124 Å². The molecule has 0 saturated heterocycles. The first-order valence-electron chi connectivity index (χ1n) is 9.50. The summed E-state index contributed by atoms with van der Waals surface area (Å²) in [5.74, 6) is 0. The van der Waals surface area contributed by atoms with Crippen molar-refractivity contribution >= 4 is 70.4 Å². The number of nitrogens with zero attached hydrogens (tertiary/aromatic N) is 1. The molecule has 0 aromatic carbocycles. The van der Waals surface area contributed by atoms with Gasteiger partial charge in [0.1, 0.15) is 0 Å². The van der Waals surface area contributed by atoms with E-state index in [1.165, 1.54) is 83.5 Å². The van der Waals surface area contributed by atoms with E-state index in [2.05, 4.69) is 6.92 Å². The summed E-state index contributed by atoms with van der Waals surface area (Å²) in [6.07, 6.45) is 20.7. The molecule has 24 heavy (non-hydrogen) atoms. The second kappa shape index (κ2) is 19.7. The van der Waals surface area contributed by atoms with Crippen LogP contribution in [0.15, 0.2) is 0 Å². The quantitative estimate of drug-likeness (QED) is 0.0593. The molecule has 0 aliphatic heterocycles.